The first kappa shape index (κ1) is 21.7. The molecule has 0 spiro atoms. The molecule has 4 aliphatic heterocycles. The monoisotopic (exact) mass is 446 g/mol. The van der Waals surface area contributed by atoms with Crippen LogP contribution in [0.25, 0.3) is 0 Å². The summed E-state index contributed by atoms with van der Waals surface area (Å²) in [7, 11) is 0. The summed E-state index contributed by atoms with van der Waals surface area (Å²) in [5, 5.41) is 0. The number of nitrogens with zero attached hydrogens (tertiary/aromatic N) is 2. The molecule has 4 aromatic carbocycles. The van der Waals surface area contributed by atoms with Crippen molar-refractivity contribution in [3.63, 3.8) is 0 Å². The predicted octanol–water partition coefficient (Wildman–Crippen LogP) is 6.40. The van der Waals surface area contributed by atoms with E-state index in [1.165, 1.54) is 0 Å². The van der Waals surface area contributed by atoms with Gasteiger partial charge in [-0.2, -0.15) is 0 Å². The van der Waals surface area contributed by atoms with Crippen molar-refractivity contribution >= 4 is 12.4 Å². The molecule has 0 radical (unpaired) electrons. The lowest BCUT2D eigenvalue weighted by atomic mass is 10.1. The van der Waals surface area contributed by atoms with E-state index in [-0.39, 0.29) is 0 Å². The molecule has 4 nitrogen and oxygen atoms in total. The van der Waals surface area contributed by atoms with Crippen LogP contribution in [-0.2, 0) is 26.3 Å². The van der Waals surface area contributed by atoms with Crippen LogP contribution in [0.5, 0.6) is 11.5 Å². The number of hydrogen-bond acceptors (Lipinski definition) is 4. The van der Waals surface area contributed by atoms with Gasteiger partial charge in [0.25, 0.3) is 0 Å². The van der Waals surface area contributed by atoms with Gasteiger partial charge in [-0.3, -0.25) is 9.98 Å². The van der Waals surface area contributed by atoms with Crippen LogP contribution >= 0.6 is 0 Å². The van der Waals surface area contributed by atoms with Crippen LogP contribution in [0.2, 0.25) is 0 Å². The molecule has 168 valence electrons. The molecule has 4 heteroatoms. The highest BCUT2D eigenvalue weighted by Crippen LogP contribution is 2.20. The van der Waals surface area contributed by atoms with E-state index in [0.29, 0.717) is 26.3 Å². The molecule has 4 aliphatic rings. The van der Waals surface area contributed by atoms with E-state index >= 15 is 0 Å². The minimum absolute atomic E-state index is 0.493. The van der Waals surface area contributed by atoms with Crippen molar-refractivity contribution in [1.29, 1.82) is 0 Å². The summed E-state index contributed by atoms with van der Waals surface area (Å²) < 4.78 is 12.2. The first-order chi connectivity index (χ1) is 16.8. The van der Waals surface area contributed by atoms with E-state index in [0.717, 1.165) is 44.9 Å². The van der Waals surface area contributed by atoms with Crippen LogP contribution in [-0.4, -0.2) is 12.4 Å². The van der Waals surface area contributed by atoms with Gasteiger partial charge in [-0.25, -0.2) is 0 Å². The molecule has 0 saturated carbocycles. The smallest absolute Gasteiger partial charge is 0.128 e. The lowest BCUT2D eigenvalue weighted by Gasteiger charge is -2.11. The van der Waals surface area contributed by atoms with Crippen LogP contribution in [0.3, 0.4) is 0 Å². The van der Waals surface area contributed by atoms with E-state index in [1.54, 1.807) is 0 Å². The summed E-state index contributed by atoms with van der Waals surface area (Å²) >= 11 is 0. The lowest BCUT2D eigenvalue weighted by molar-refractivity contribution is 0.302. The number of aliphatic imine (C=N–C) groups is 2. The van der Waals surface area contributed by atoms with E-state index in [9.17, 15) is 0 Å². The normalized spacial score (nSPS) is 13.6. The quantitative estimate of drug-likeness (QED) is 0.314. The van der Waals surface area contributed by atoms with Gasteiger partial charge in [-0.05, 0) is 46.5 Å². The fourth-order valence-electron chi connectivity index (χ4n) is 3.74. The molecule has 0 aliphatic carbocycles. The molecule has 0 N–H and O–H groups in total. The molecular formula is C30H26N2O2. The van der Waals surface area contributed by atoms with Crippen LogP contribution < -0.4 is 9.47 Å². The molecule has 4 aromatic rings. The number of ether oxygens (including phenoxy) is 2. The van der Waals surface area contributed by atoms with Crippen LogP contribution in [0, 0.1) is 0 Å². The molecular weight excluding hydrogens is 420 g/mol. The summed E-state index contributed by atoms with van der Waals surface area (Å²) in [6.45, 7) is 2.22. The van der Waals surface area contributed by atoms with E-state index in [1.807, 2.05) is 61.0 Å². The molecule has 0 amide bonds. The Morgan fingerprint density at radius 3 is 1.26 bits per heavy atom. The Morgan fingerprint density at radius 1 is 0.441 bits per heavy atom. The first-order valence-electron chi connectivity index (χ1n) is 11.4. The standard InChI is InChI=1S/C30H26N2O2/c1-3-7-29-27(5-1)19-31-17-23-9-11-24(12-10-23)18-32-20-28-6-2-4-8-30(28)34-22-26-15-13-25(14-16-26)21-33-29/h1-16,19-20H,17-18,21-22H2. The minimum Gasteiger partial charge on any atom is -0.488 e. The Morgan fingerprint density at radius 2 is 0.824 bits per heavy atom. The topological polar surface area (TPSA) is 43.2 Å². The zero-order chi connectivity index (χ0) is 23.0. The van der Waals surface area contributed by atoms with Crippen molar-refractivity contribution in [3.8, 4) is 11.5 Å². The van der Waals surface area contributed by atoms with Gasteiger partial charge in [0.1, 0.15) is 24.7 Å². The molecule has 0 fully saturated rings. The van der Waals surface area contributed by atoms with Crippen molar-refractivity contribution in [2.75, 3.05) is 0 Å². The molecule has 4 heterocycles. The van der Waals surface area contributed by atoms with Crippen LogP contribution in [0.1, 0.15) is 33.4 Å². The summed E-state index contributed by atoms with van der Waals surface area (Å²) in [4.78, 5) is 9.28. The Labute approximate surface area is 200 Å². The third-order valence-electron chi connectivity index (χ3n) is 5.68. The number of hydrogen-bond donors (Lipinski definition) is 0. The Hall–Kier alpha value is -4.18. The molecule has 0 aromatic heterocycles. The highest BCUT2D eigenvalue weighted by Gasteiger charge is 2.05. The van der Waals surface area contributed by atoms with Gasteiger partial charge in [0.15, 0.2) is 0 Å². The predicted molar refractivity (Wildman–Crippen MR) is 137 cm³/mol. The summed E-state index contributed by atoms with van der Waals surface area (Å²) in [5.74, 6) is 1.65. The second kappa shape index (κ2) is 10.6. The highest BCUT2D eigenvalue weighted by molar-refractivity contribution is 5.84. The van der Waals surface area contributed by atoms with Crippen molar-refractivity contribution < 1.29 is 9.47 Å². The van der Waals surface area contributed by atoms with Crippen molar-refractivity contribution in [3.05, 3.63) is 130 Å². The second-order valence-electron chi connectivity index (χ2n) is 8.23. The summed E-state index contributed by atoms with van der Waals surface area (Å²) in [6.07, 6.45) is 3.77. The van der Waals surface area contributed by atoms with Gasteiger partial charge in [0, 0.05) is 23.6 Å². The zero-order valence-electron chi connectivity index (χ0n) is 18.9. The molecule has 0 unspecified atom stereocenters. The largest absolute Gasteiger partial charge is 0.488 e. The Kier molecular flexibility index (Phi) is 6.77. The zero-order valence-corrected chi connectivity index (χ0v) is 18.9. The first-order valence-corrected chi connectivity index (χ1v) is 11.4. The summed E-state index contributed by atoms with van der Waals surface area (Å²) in [6, 6.07) is 32.7. The van der Waals surface area contributed by atoms with Gasteiger partial charge in [0.05, 0.1) is 13.1 Å². The molecule has 0 atom stereocenters. The Balaban J connectivity index is 1.42. The maximum Gasteiger partial charge on any atom is 0.128 e. The second-order valence-corrected chi connectivity index (χ2v) is 8.23. The van der Waals surface area contributed by atoms with Gasteiger partial charge in [-0.15, -0.1) is 0 Å². The average Bonchev–Trinajstić information content (AvgIpc) is 2.89. The fraction of sp³-hybridized carbons (Fsp3) is 0.133. The third kappa shape index (κ3) is 5.59. The fourth-order valence-corrected chi connectivity index (χ4v) is 3.74. The van der Waals surface area contributed by atoms with Gasteiger partial charge in [0.2, 0.25) is 0 Å². The van der Waals surface area contributed by atoms with E-state index in [4.69, 9.17) is 9.47 Å². The lowest BCUT2D eigenvalue weighted by Crippen LogP contribution is -2.01. The van der Waals surface area contributed by atoms with Crippen molar-refractivity contribution in [2.24, 2.45) is 9.98 Å². The average molecular weight is 447 g/mol. The number of rotatable bonds is 0. The molecule has 8 rings (SSSR count). The maximum atomic E-state index is 6.11. The van der Waals surface area contributed by atoms with Gasteiger partial charge in [-0.1, -0.05) is 72.8 Å². The SMILES string of the molecule is C1=NCc2ccc(cc2)CN=Cc2ccccc2OCc2ccc(cc2)COc2ccccc21. The minimum atomic E-state index is 0.493. The molecule has 34 heavy (non-hydrogen) atoms. The van der Waals surface area contributed by atoms with E-state index in [2.05, 4.69) is 58.5 Å². The summed E-state index contributed by atoms with van der Waals surface area (Å²) in [5.41, 5.74) is 6.46. The van der Waals surface area contributed by atoms with Crippen molar-refractivity contribution in [1.82, 2.24) is 0 Å². The number of para-hydroxylation sites is 2. The van der Waals surface area contributed by atoms with Crippen LogP contribution in [0.15, 0.2) is 107 Å². The Bertz CT molecular complexity index is 1190. The maximum absolute atomic E-state index is 6.11. The number of benzene rings is 4. The van der Waals surface area contributed by atoms with Gasteiger partial charge < -0.3 is 9.47 Å². The van der Waals surface area contributed by atoms with Crippen molar-refractivity contribution in [2.45, 2.75) is 26.3 Å². The highest BCUT2D eigenvalue weighted by atomic mass is 16.5. The third-order valence-corrected chi connectivity index (χ3v) is 5.68. The van der Waals surface area contributed by atoms with Crippen LogP contribution in [0.4, 0.5) is 0 Å². The van der Waals surface area contributed by atoms with E-state index < -0.39 is 0 Å². The molecule has 4 bridgehead atoms. The molecule has 0 saturated heterocycles. The van der Waals surface area contributed by atoms with Gasteiger partial charge >= 0.3 is 0 Å².